The summed E-state index contributed by atoms with van der Waals surface area (Å²) in [6, 6.07) is 10.7. The van der Waals surface area contributed by atoms with Gasteiger partial charge in [0.1, 0.15) is 23.7 Å². The fourth-order valence-corrected chi connectivity index (χ4v) is 2.62. The van der Waals surface area contributed by atoms with Crippen molar-refractivity contribution in [3.8, 4) is 17.2 Å². The summed E-state index contributed by atoms with van der Waals surface area (Å²) in [5.41, 5.74) is -1.54. The van der Waals surface area contributed by atoms with Gasteiger partial charge in [0.15, 0.2) is 11.4 Å². The lowest BCUT2D eigenvalue weighted by molar-refractivity contribution is -0.132. The minimum Gasteiger partial charge on any atom is -0.493 e. The van der Waals surface area contributed by atoms with Crippen molar-refractivity contribution >= 4 is 18.2 Å². The van der Waals surface area contributed by atoms with E-state index in [1.165, 1.54) is 33.2 Å². The summed E-state index contributed by atoms with van der Waals surface area (Å²) in [5, 5.41) is 2.57. The highest BCUT2D eigenvalue weighted by atomic mass is 16.6. The fraction of sp³-hybridized carbons (Fsp3) is 0.364. The Labute approximate surface area is 180 Å². The number of aromatic nitrogens is 1. The van der Waals surface area contributed by atoms with E-state index in [2.05, 4.69) is 10.3 Å². The van der Waals surface area contributed by atoms with Crippen LogP contribution in [0.3, 0.4) is 0 Å². The van der Waals surface area contributed by atoms with Crippen LogP contribution in [0.5, 0.6) is 17.2 Å². The maximum absolute atomic E-state index is 12.8. The van der Waals surface area contributed by atoms with E-state index in [9.17, 15) is 14.4 Å². The molecule has 2 atom stereocenters. The number of esters is 1. The summed E-state index contributed by atoms with van der Waals surface area (Å²) in [5.74, 6) is -0.635. The van der Waals surface area contributed by atoms with E-state index in [-0.39, 0.29) is 36.5 Å². The van der Waals surface area contributed by atoms with E-state index in [4.69, 9.17) is 18.9 Å². The number of amides is 1. The maximum atomic E-state index is 12.8. The van der Waals surface area contributed by atoms with E-state index >= 15 is 0 Å². The second-order valence-corrected chi connectivity index (χ2v) is 7.03. The number of aldehydes is 1. The number of carbonyl (C=O) groups excluding carboxylic acids is 3. The number of nitrogens with one attached hydrogen (secondary N) is 1. The third-order valence-electron chi connectivity index (χ3n) is 4.04. The van der Waals surface area contributed by atoms with Crippen LogP contribution >= 0.6 is 0 Å². The van der Waals surface area contributed by atoms with Crippen molar-refractivity contribution < 1.29 is 33.3 Å². The number of benzene rings is 1. The van der Waals surface area contributed by atoms with Crippen LogP contribution in [0.25, 0.3) is 0 Å². The smallest absolute Gasteiger partial charge is 0.308 e. The molecule has 0 saturated carbocycles. The molecule has 0 unspecified atom stereocenters. The Morgan fingerprint density at radius 2 is 1.94 bits per heavy atom. The van der Waals surface area contributed by atoms with Gasteiger partial charge in [-0.15, -0.1) is 0 Å². The van der Waals surface area contributed by atoms with Crippen LogP contribution in [0.1, 0.15) is 31.3 Å². The minimum absolute atomic E-state index is 0.0996. The number of ether oxygens (including phenoxy) is 4. The third-order valence-corrected chi connectivity index (χ3v) is 4.04. The third kappa shape index (κ3) is 7.07. The SMILES string of the molecule is COc1ccnc(C(=O)N[C@](C)(C=O)COC[C@H](C)Oc2ccccc2)c1OC(C)=O. The minimum atomic E-state index is -1.35. The molecule has 1 aromatic heterocycles. The van der Waals surface area contributed by atoms with Crippen LogP contribution in [0.15, 0.2) is 42.6 Å². The normalized spacial score (nSPS) is 13.4. The summed E-state index contributed by atoms with van der Waals surface area (Å²) >= 11 is 0. The summed E-state index contributed by atoms with van der Waals surface area (Å²) in [6.07, 6.45) is 1.63. The molecule has 0 aliphatic carbocycles. The number of nitrogens with zero attached hydrogens (tertiary/aromatic N) is 1. The van der Waals surface area contributed by atoms with Crippen molar-refractivity contribution in [2.45, 2.75) is 32.4 Å². The molecule has 0 fully saturated rings. The van der Waals surface area contributed by atoms with Crippen molar-refractivity contribution in [1.82, 2.24) is 10.3 Å². The zero-order valence-corrected chi connectivity index (χ0v) is 17.9. The van der Waals surface area contributed by atoms with Gasteiger partial charge in [0.25, 0.3) is 5.91 Å². The topological polar surface area (TPSA) is 113 Å². The molecule has 1 heterocycles. The van der Waals surface area contributed by atoms with Crippen molar-refractivity contribution in [2.24, 2.45) is 0 Å². The molecule has 0 saturated heterocycles. The molecule has 31 heavy (non-hydrogen) atoms. The molecule has 9 heteroatoms. The molecule has 2 aromatic rings. The van der Waals surface area contributed by atoms with Gasteiger partial charge in [-0.3, -0.25) is 9.59 Å². The average molecular weight is 430 g/mol. The number of pyridine rings is 1. The molecule has 166 valence electrons. The highest BCUT2D eigenvalue weighted by Gasteiger charge is 2.30. The monoisotopic (exact) mass is 430 g/mol. The number of hydrogen-bond donors (Lipinski definition) is 1. The molecule has 1 N–H and O–H groups in total. The predicted octanol–water partition coefficient (Wildman–Crippen LogP) is 2.19. The average Bonchev–Trinajstić information content (AvgIpc) is 2.74. The molecule has 0 radical (unpaired) electrons. The van der Waals surface area contributed by atoms with Crippen molar-refractivity contribution in [1.29, 1.82) is 0 Å². The summed E-state index contributed by atoms with van der Waals surface area (Å²) in [7, 11) is 1.37. The van der Waals surface area contributed by atoms with Crippen LogP contribution in [0.2, 0.25) is 0 Å². The van der Waals surface area contributed by atoms with Gasteiger partial charge < -0.3 is 29.1 Å². The molecule has 1 aromatic carbocycles. The van der Waals surface area contributed by atoms with Gasteiger partial charge in [-0.25, -0.2) is 4.98 Å². The Morgan fingerprint density at radius 3 is 2.55 bits per heavy atom. The Bertz CT molecular complexity index is 904. The zero-order chi connectivity index (χ0) is 22.9. The highest BCUT2D eigenvalue weighted by Crippen LogP contribution is 2.29. The highest BCUT2D eigenvalue weighted by molar-refractivity contribution is 5.98. The molecule has 0 bridgehead atoms. The second kappa shape index (κ2) is 11.1. The van der Waals surface area contributed by atoms with Gasteiger partial charge in [0.2, 0.25) is 5.75 Å². The van der Waals surface area contributed by atoms with Gasteiger partial charge in [-0.1, -0.05) is 18.2 Å². The van der Waals surface area contributed by atoms with Crippen molar-refractivity contribution in [2.75, 3.05) is 20.3 Å². The summed E-state index contributed by atoms with van der Waals surface area (Å²) < 4.78 is 21.5. The Morgan fingerprint density at radius 1 is 1.23 bits per heavy atom. The summed E-state index contributed by atoms with van der Waals surface area (Å²) in [6.45, 7) is 4.62. The Kier molecular flexibility index (Phi) is 8.51. The van der Waals surface area contributed by atoms with Gasteiger partial charge in [0.05, 0.1) is 20.3 Å². The molecular weight excluding hydrogens is 404 g/mol. The molecule has 1 amide bonds. The molecular formula is C22H26N2O7. The van der Waals surface area contributed by atoms with E-state index in [1.807, 2.05) is 37.3 Å². The first-order valence-corrected chi connectivity index (χ1v) is 9.57. The molecule has 0 aliphatic heterocycles. The standard InChI is InChI=1S/C22H26N2O7/c1-15(30-17-8-6-5-7-9-17)12-29-14-22(3,13-25)24-21(27)19-20(31-16(2)26)18(28-4)10-11-23-19/h5-11,13,15H,12,14H2,1-4H3,(H,24,27)/t15-,22+/m0/s1. The van der Waals surface area contributed by atoms with E-state index < -0.39 is 17.4 Å². The van der Waals surface area contributed by atoms with E-state index in [1.54, 1.807) is 0 Å². The van der Waals surface area contributed by atoms with Gasteiger partial charge in [-0.05, 0) is 26.0 Å². The van der Waals surface area contributed by atoms with E-state index in [0.717, 1.165) is 0 Å². The number of carbonyl (C=O) groups is 3. The quantitative estimate of drug-likeness (QED) is 0.426. The van der Waals surface area contributed by atoms with E-state index in [0.29, 0.717) is 12.0 Å². The van der Waals surface area contributed by atoms with Crippen molar-refractivity contribution in [3.63, 3.8) is 0 Å². The fourth-order valence-electron chi connectivity index (χ4n) is 2.62. The van der Waals surface area contributed by atoms with Gasteiger partial charge in [0, 0.05) is 19.2 Å². The summed E-state index contributed by atoms with van der Waals surface area (Å²) in [4.78, 5) is 39.8. The first-order chi connectivity index (χ1) is 14.8. The molecule has 2 rings (SSSR count). The van der Waals surface area contributed by atoms with Gasteiger partial charge in [-0.2, -0.15) is 0 Å². The lowest BCUT2D eigenvalue weighted by atomic mass is 10.1. The molecule has 0 aliphatic rings. The lowest BCUT2D eigenvalue weighted by Gasteiger charge is -2.25. The first kappa shape index (κ1) is 23.8. The number of rotatable bonds is 11. The number of methoxy groups -OCH3 is 1. The molecule has 0 spiro atoms. The first-order valence-electron chi connectivity index (χ1n) is 9.57. The molecule has 9 nitrogen and oxygen atoms in total. The van der Waals surface area contributed by atoms with Crippen LogP contribution in [-0.4, -0.2) is 55.1 Å². The lowest BCUT2D eigenvalue weighted by Crippen LogP contribution is -2.51. The van der Waals surface area contributed by atoms with Crippen LogP contribution in [0.4, 0.5) is 0 Å². The largest absolute Gasteiger partial charge is 0.493 e. The maximum Gasteiger partial charge on any atom is 0.308 e. The van der Waals surface area contributed by atoms with Crippen LogP contribution < -0.4 is 19.5 Å². The Balaban J connectivity index is 2.01. The number of para-hydroxylation sites is 1. The predicted molar refractivity (Wildman–Crippen MR) is 111 cm³/mol. The van der Waals surface area contributed by atoms with Crippen molar-refractivity contribution in [3.05, 3.63) is 48.3 Å². The van der Waals surface area contributed by atoms with Gasteiger partial charge >= 0.3 is 5.97 Å². The van der Waals surface area contributed by atoms with Crippen LogP contribution in [0, 0.1) is 0 Å². The Hall–Kier alpha value is -3.46. The zero-order valence-electron chi connectivity index (χ0n) is 17.9. The van der Waals surface area contributed by atoms with Crippen LogP contribution in [-0.2, 0) is 14.3 Å². The number of hydrogen-bond acceptors (Lipinski definition) is 8. The second-order valence-electron chi connectivity index (χ2n) is 7.03.